The molecular formula is C23H20BF3N4O3. The average molecular weight is 468 g/mol. The number of hydrogen-bond acceptors (Lipinski definition) is 5. The van der Waals surface area contributed by atoms with E-state index in [1.807, 2.05) is 0 Å². The summed E-state index contributed by atoms with van der Waals surface area (Å²) >= 11 is 0. The molecule has 34 heavy (non-hydrogen) atoms. The maximum absolute atomic E-state index is 13.3. The van der Waals surface area contributed by atoms with Gasteiger partial charge in [0.25, 0.3) is 5.91 Å². The highest BCUT2D eigenvalue weighted by Gasteiger charge is 2.51. The molecule has 2 amide bonds. The van der Waals surface area contributed by atoms with Crippen LogP contribution in [0.5, 0.6) is 11.5 Å². The first kappa shape index (κ1) is 23.3. The van der Waals surface area contributed by atoms with Crippen molar-refractivity contribution in [3.8, 4) is 11.5 Å². The average Bonchev–Trinajstić information content (AvgIpc) is 3.60. The third-order valence-electron chi connectivity index (χ3n) is 5.40. The lowest BCUT2D eigenvalue weighted by Crippen LogP contribution is -2.48. The van der Waals surface area contributed by atoms with E-state index in [1.165, 1.54) is 36.9 Å². The Bertz CT molecular complexity index is 1200. The van der Waals surface area contributed by atoms with Gasteiger partial charge in [-0.2, -0.15) is 13.2 Å². The summed E-state index contributed by atoms with van der Waals surface area (Å²) in [4.78, 5) is 32.5. The second-order valence-electron chi connectivity index (χ2n) is 8.09. The van der Waals surface area contributed by atoms with E-state index < -0.39 is 23.2 Å². The van der Waals surface area contributed by atoms with E-state index in [0.29, 0.717) is 18.3 Å². The van der Waals surface area contributed by atoms with Crippen LogP contribution in [-0.2, 0) is 17.5 Å². The molecule has 0 radical (unpaired) electrons. The van der Waals surface area contributed by atoms with Crippen LogP contribution in [0.1, 0.15) is 34.3 Å². The highest BCUT2D eigenvalue weighted by Crippen LogP contribution is 2.38. The summed E-state index contributed by atoms with van der Waals surface area (Å²) < 4.78 is 45.3. The van der Waals surface area contributed by atoms with Crippen molar-refractivity contribution in [2.45, 2.75) is 31.1 Å². The highest BCUT2D eigenvalue weighted by atomic mass is 19.4. The lowest BCUT2D eigenvalue weighted by atomic mass is 9.94. The Morgan fingerprint density at radius 1 is 1.06 bits per heavy atom. The van der Waals surface area contributed by atoms with Gasteiger partial charge in [-0.3, -0.25) is 9.59 Å². The molecule has 1 saturated carbocycles. The lowest BCUT2D eigenvalue weighted by molar-refractivity contribution is -0.138. The molecule has 1 fully saturated rings. The van der Waals surface area contributed by atoms with Crippen molar-refractivity contribution in [3.05, 3.63) is 77.9 Å². The van der Waals surface area contributed by atoms with Crippen molar-refractivity contribution in [2.24, 2.45) is 0 Å². The van der Waals surface area contributed by atoms with E-state index in [0.717, 1.165) is 11.6 Å². The first-order chi connectivity index (χ1) is 16.2. The molecule has 174 valence electrons. The summed E-state index contributed by atoms with van der Waals surface area (Å²) in [5.74, 6) is -0.786. The molecule has 1 aliphatic carbocycles. The number of rotatable bonds is 7. The number of carbonyl (C=O) groups is 2. The van der Waals surface area contributed by atoms with Crippen molar-refractivity contribution < 1.29 is 27.5 Å². The maximum atomic E-state index is 13.3. The van der Waals surface area contributed by atoms with E-state index in [9.17, 15) is 22.8 Å². The van der Waals surface area contributed by atoms with E-state index in [1.54, 1.807) is 26.0 Å². The third kappa shape index (κ3) is 5.36. The Morgan fingerprint density at radius 3 is 2.35 bits per heavy atom. The minimum absolute atomic E-state index is 0.184. The van der Waals surface area contributed by atoms with Crippen LogP contribution in [-0.4, -0.2) is 35.2 Å². The second kappa shape index (κ2) is 9.16. The molecule has 1 aromatic heterocycles. The van der Waals surface area contributed by atoms with Crippen LogP contribution in [0, 0.1) is 0 Å². The molecule has 0 atom stereocenters. The Balaban J connectivity index is 1.35. The quantitative estimate of drug-likeness (QED) is 0.519. The van der Waals surface area contributed by atoms with Gasteiger partial charge >= 0.3 is 6.18 Å². The number of aromatic nitrogens is 2. The topological polar surface area (TPSA) is 93.2 Å². The van der Waals surface area contributed by atoms with Gasteiger partial charge in [-0.05, 0) is 36.6 Å². The smallest absolute Gasteiger partial charge is 0.419 e. The van der Waals surface area contributed by atoms with Crippen molar-refractivity contribution in [1.29, 1.82) is 0 Å². The van der Waals surface area contributed by atoms with Crippen LogP contribution in [0.25, 0.3) is 0 Å². The Labute approximate surface area is 194 Å². The number of carbonyl (C=O) groups excluding carboxylic acids is 2. The summed E-state index contributed by atoms with van der Waals surface area (Å²) in [6, 6.07) is 10.2. The summed E-state index contributed by atoms with van der Waals surface area (Å²) in [5, 5.41) is 5.52. The zero-order chi connectivity index (χ0) is 24.3. The van der Waals surface area contributed by atoms with Gasteiger partial charge in [0.1, 0.15) is 31.2 Å². The minimum atomic E-state index is -4.53. The van der Waals surface area contributed by atoms with Crippen molar-refractivity contribution in [3.63, 3.8) is 0 Å². The van der Waals surface area contributed by atoms with Crippen molar-refractivity contribution in [2.75, 3.05) is 0 Å². The zero-order valence-corrected chi connectivity index (χ0v) is 18.1. The predicted octanol–water partition coefficient (Wildman–Crippen LogP) is 2.12. The minimum Gasteiger partial charge on any atom is -0.457 e. The van der Waals surface area contributed by atoms with Gasteiger partial charge < -0.3 is 15.4 Å². The number of alkyl halides is 3. The Hall–Kier alpha value is -3.89. The fourth-order valence-electron chi connectivity index (χ4n) is 3.35. The third-order valence-corrected chi connectivity index (χ3v) is 5.40. The van der Waals surface area contributed by atoms with E-state index >= 15 is 0 Å². The molecule has 1 heterocycles. The largest absolute Gasteiger partial charge is 0.457 e. The molecule has 0 saturated heterocycles. The standard InChI is InChI=1S/C23H20BF3N4O3/c24-16-3-6-19(18(9-16)23(25,26)27)34-17-4-1-14(2-5-17)10-30-21(33)22(7-8-22)31-20(32)15-11-28-13-29-12-15/h1-6,9,11-13H,7-8,10,24H2,(H,30,33)(H,31,32). The zero-order valence-electron chi connectivity index (χ0n) is 18.1. The number of amides is 2. The van der Waals surface area contributed by atoms with Gasteiger partial charge in [0.05, 0.1) is 11.1 Å². The second-order valence-corrected chi connectivity index (χ2v) is 8.09. The molecule has 0 spiro atoms. The fourth-order valence-corrected chi connectivity index (χ4v) is 3.35. The summed E-state index contributed by atoms with van der Waals surface area (Å²) in [5.41, 5.74) is -0.344. The number of hydrogen-bond donors (Lipinski definition) is 2. The molecule has 0 aliphatic heterocycles. The SMILES string of the molecule is Bc1ccc(Oc2ccc(CNC(=O)C3(NC(=O)c4cncnc4)CC3)cc2)c(C(F)(F)F)c1. The summed E-state index contributed by atoms with van der Waals surface area (Å²) in [6.07, 6.45) is 0.546. The molecule has 2 aromatic carbocycles. The normalized spacial score (nSPS) is 14.2. The number of nitrogens with one attached hydrogen (secondary N) is 2. The molecule has 1 aliphatic rings. The molecule has 0 unspecified atom stereocenters. The fraction of sp³-hybridized carbons (Fsp3) is 0.217. The first-order valence-electron chi connectivity index (χ1n) is 10.5. The monoisotopic (exact) mass is 468 g/mol. The molecule has 0 bridgehead atoms. The molecule has 3 aromatic rings. The predicted molar refractivity (Wildman–Crippen MR) is 119 cm³/mol. The number of halogens is 3. The van der Waals surface area contributed by atoms with Gasteiger partial charge in [0.15, 0.2) is 0 Å². The lowest BCUT2D eigenvalue weighted by Gasteiger charge is -2.17. The van der Waals surface area contributed by atoms with Crippen molar-refractivity contribution >= 4 is 25.1 Å². The van der Waals surface area contributed by atoms with Crippen molar-refractivity contribution in [1.82, 2.24) is 20.6 Å². The van der Waals surface area contributed by atoms with Gasteiger partial charge in [0.2, 0.25) is 5.91 Å². The summed E-state index contributed by atoms with van der Waals surface area (Å²) in [6.45, 7) is 0.184. The number of ether oxygens (including phenoxy) is 1. The maximum Gasteiger partial charge on any atom is 0.419 e. The van der Waals surface area contributed by atoms with Crippen LogP contribution < -0.4 is 20.8 Å². The number of nitrogens with zero attached hydrogens (tertiary/aromatic N) is 2. The molecule has 11 heteroatoms. The highest BCUT2D eigenvalue weighted by molar-refractivity contribution is 6.32. The van der Waals surface area contributed by atoms with E-state index in [4.69, 9.17) is 4.74 Å². The van der Waals surface area contributed by atoms with E-state index in [2.05, 4.69) is 20.6 Å². The van der Waals surface area contributed by atoms with Gasteiger partial charge in [0, 0.05) is 18.9 Å². The van der Waals surface area contributed by atoms with Gasteiger partial charge in [-0.15, -0.1) is 0 Å². The number of benzene rings is 2. The van der Waals surface area contributed by atoms with Crippen LogP contribution in [0.15, 0.2) is 61.2 Å². The molecule has 7 nitrogen and oxygen atoms in total. The Morgan fingerprint density at radius 2 is 1.74 bits per heavy atom. The van der Waals surface area contributed by atoms with Gasteiger partial charge in [-0.25, -0.2) is 9.97 Å². The van der Waals surface area contributed by atoms with Crippen LogP contribution in [0.4, 0.5) is 13.2 Å². The van der Waals surface area contributed by atoms with Crippen LogP contribution >= 0.6 is 0 Å². The first-order valence-corrected chi connectivity index (χ1v) is 10.5. The molecule has 2 N–H and O–H groups in total. The molecular weight excluding hydrogens is 448 g/mol. The Kier molecular flexibility index (Phi) is 6.27. The van der Waals surface area contributed by atoms with Crippen LogP contribution in [0.3, 0.4) is 0 Å². The summed E-state index contributed by atoms with van der Waals surface area (Å²) in [7, 11) is 1.58. The van der Waals surface area contributed by atoms with Gasteiger partial charge in [-0.1, -0.05) is 29.7 Å². The van der Waals surface area contributed by atoms with E-state index in [-0.39, 0.29) is 29.5 Å². The molecule has 4 rings (SSSR count). The van der Waals surface area contributed by atoms with Crippen LogP contribution in [0.2, 0.25) is 0 Å².